The minimum absolute atomic E-state index is 0.0229. The maximum atomic E-state index is 11.4. The van der Waals surface area contributed by atoms with Crippen molar-refractivity contribution in [3.05, 3.63) is 0 Å². The van der Waals surface area contributed by atoms with Crippen LogP contribution in [0.15, 0.2) is 0 Å². The van der Waals surface area contributed by atoms with Crippen molar-refractivity contribution in [3.63, 3.8) is 0 Å². The molecule has 1 aliphatic rings. The highest BCUT2D eigenvalue weighted by Crippen LogP contribution is 2.03. The van der Waals surface area contributed by atoms with Crippen LogP contribution in [0.4, 0.5) is 0 Å². The van der Waals surface area contributed by atoms with Gasteiger partial charge in [0.2, 0.25) is 0 Å². The van der Waals surface area contributed by atoms with Gasteiger partial charge in [-0.05, 0) is 6.42 Å². The van der Waals surface area contributed by atoms with Crippen molar-refractivity contribution >= 4 is 5.97 Å². The lowest BCUT2D eigenvalue weighted by atomic mass is 10.1. The topological polar surface area (TPSA) is 38.8 Å². The predicted molar refractivity (Wildman–Crippen MR) is 69.0 cm³/mol. The number of ether oxygens (including phenoxy) is 2. The molecule has 1 aliphatic heterocycles. The number of morpholine rings is 1. The average molecular weight is 245 g/mol. The van der Waals surface area contributed by atoms with E-state index < -0.39 is 0 Å². The largest absolute Gasteiger partial charge is 0.464 e. The van der Waals surface area contributed by atoms with Gasteiger partial charge in [0.05, 0.1) is 19.1 Å². The van der Waals surface area contributed by atoms with Crippen molar-refractivity contribution in [3.8, 4) is 0 Å². The Kier molecular flexibility index (Phi) is 10.2. The monoisotopic (exact) mass is 245 g/mol. The highest BCUT2D eigenvalue weighted by molar-refractivity contribution is 5.71. The van der Waals surface area contributed by atoms with Crippen molar-refractivity contribution in [2.24, 2.45) is 5.92 Å². The van der Waals surface area contributed by atoms with E-state index in [0.29, 0.717) is 6.61 Å². The van der Waals surface area contributed by atoms with E-state index in [1.807, 2.05) is 27.7 Å². The number of carbonyl (C=O) groups is 1. The van der Waals surface area contributed by atoms with Crippen LogP contribution in [0.2, 0.25) is 0 Å². The quantitative estimate of drug-likeness (QED) is 0.694. The number of rotatable bonds is 5. The van der Waals surface area contributed by atoms with Gasteiger partial charge in [-0.15, -0.1) is 0 Å². The molecular weight excluding hydrogens is 218 g/mol. The molecule has 1 unspecified atom stereocenters. The Morgan fingerprint density at radius 3 is 2.47 bits per heavy atom. The molecule has 0 amide bonds. The van der Waals surface area contributed by atoms with E-state index in [1.54, 1.807) is 0 Å². The highest BCUT2D eigenvalue weighted by atomic mass is 16.5. The molecule has 4 nitrogen and oxygen atoms in total. The third-order valence-electron chi connectivity index (χ3n) is 2.77. The first-order valence-corrected chi connectivity index (χ1v) is 6.70. The first kappa shape index (κ1) is 16.4. The second-order valence-corrected chi connectivity index (χ2v) is 3.93. The Morgan fingerprint density at radius 2 is 1.94 bits per heavy atom. The smallest absolute Gasteiger partial charge is 0.308 e. The zero-order valence-electron chi connectivity index (χ0n) is 11.7. The molecule has 1 atom stereocenters. The summed E-state index contributed by atoms with van der Waals surface area (Å²) in [6.45, 7) is 12.7. The van der Waals surface area contributed by atoms with Gasteiger partial charge in [-0.1, -0.05) is 27.7 Å². The Balaban J connectivity index is 0.00000121. The molecule has 1 heterocycles. The molecule has 1 fully saturated rings. The number of carbonyl (C=O) groups excluding carboxylic acids is 1. The van der Waals surface area contributed by atoms with Gasteiger partial charge in [-0.3, -0.25) is 9.69 Å². The van der Waals surface area contributed by atoms with Crippen LogP contribution in [0, 0.1) is 5.92 Å². The van der Waals surface area contributed by atoms with Crippen LogP contribution in [0.5, 0.6) is 0 Å². The number of hydrogen-bond donors (Lipinski definition) is 0. The minimum Gasteiger partial charge on any atom is -0.464 e. The number of esters is 1. The Bertz CT molecular complexity index is 191. The van der Waals surface area contributed by atoms with Gasteiger partial charge >= 0.3 is 5.97 Å². The van der Waals surface area contributed by atoms with E-state index in [9.17, 15) is 4.79 Å². The molecule has 1 rings (SSSR count). The zero-order chi connectivity index (χ0) is 13.1. The highest BCUT2D eigenvalue weighted by Gasteiger charge is 2.13. The molecular formula is C13H27NO3. The zero-order valence-corrected chi connectivity index (χ0v) is 11.7. The van der Waals surface area contributed by atoms with E-state index in [4.69, 9.17) is 9.47 Å². The Morgan fingerprint density at radius 1 is 1.35 bits per heavy atom. The third-order valence-corrected chi connectivity index (χ3v) is 2.77. The minimum atomic E-state index is -0.0780. The normalized spacial score (nSPS) is 17.9. The van der Waals surface area contributed by atoms with Crippen LogP contribution < -0.4 is 0 Å². The number of hydrogen-bond acceptors (Lipinski definition) is 4. The standard InChI is InChI=1S/C11H21NO3.C2H6/c1-3-10(2)11(13)15-9-6-12-4-7-14-8-5-12;1-2/h10H,3-9H2,1-2H3;1-2H3. The van der Waals surface area contributed by atoms with Gasteiger partial charge in [-0.2, -0.15) is 0 Å². The van der Waals surface area contributed by atoms with Crippen LogP contribution in [-0.4, -0.2) is 50.3 Å². The molecule has 102 valence electrons. The molecule has 17 heavy (non-hydrogen) atoms. The van der Waals surface area contributed by atoms with Gasteiger partial charge in [0.15, 0.2) is 0 Å². The first-order chi connectivity index (χ1) is 8.24. The van der Waals surface area contributed by atoms with Crippen molar-refractivity contribution < 1.29 is 14.3 Å². The van der Waals surface area contributed by atoms with E-state index in [-0.39, 0.29) is 11.9 Å². The van der Waals surface area contributed by atoms with Gasteiger partial charge in [0, 0.05) is 19.6 Å². The van der Waals surface area contributed by atoms with E-state index >= 15 is 0 Å². The molecule has 0 aromatic rings. The lowest BCUT2D eigenvalue weighted by molar-refractivity contribution is -0.148. The summed E-state index contributed by atoms with van der Waals surface area (Å²) in [5.74, 6) is -0.0551. The summed E-state index contributed by atoms with van der Waals surface area (Å²) in [5.41, 5.74) is 0. The summed E-state index contributed by atoms with van der Waals surface area (Å²) < 4.78 is 10.4. The second kappa shape index (κ2) is 10.5. The Hall–Kier alpha value is -0.610. The van der Waals surface area contributed by atoms with Crippen molar-refractivity contribution in [1.29, 1.82) is 0 Å². The molecule has 0 aliphatic carbocycles. The molecule has 0 aromatic carbocycles. The van der Waals surface area contributed by atoms with Gasteiger partial charge < -0.3 is 9.47 Å². The van der Waals surface area contributed by atoms with Crippen molar-refractivity contribution in [1.82, 2.24) is 4.90 Å². The fraction of sp³-hybridized carbons (Fsp3) is 0.923. The van der Waals surface area contributed by atoms with Crippen LogP contribution in [0.25, 0.3) is 0 Å². The van der Waals surface area contributed by atoms with Crippen LogP contribution in [-0.2, 0) is 14.3 Å². The molecule has 0 radical (unpaired) electrons. The van der Waals surface area contributed by atoms with Gasteiger partial charge in [0.25, 0.3) is 0 Å². The molecule has 0 saturated carbocycles. The second-order valence-electron chi connectivity index (χ2n) is 3.93. The Labute approximate surface area is 105 Å². The molecule has 4 heteroatoms. The third kappa shape index (κ3) is 7.34. The van der Waals surface area contributed by atoms with Crippen molar-refractivity contribution in [2.75, 3.05) is 39.5 Å². The summed E-state index contributed by atoms with van der Waals surface area (Å²) in [7, 11) is 0. The van der Waals surface area contributed by atoms with Crippen LogP contribution in [0.1, 0.15) is 34.1 Å². The van der Waals surface area contributed by atoms with Gasteiger partial charge in [0.1, 0.15) is 6.61 Å². The van der Waals surface area contributed by atoms with Crippen LogP contribution in [0.3, 0.4) is 0 Å². The molecule has 1 saturated heterocycles. The predicted octanol–water partition coefficient (Wildman–Crippen LogP) is 1.93. The summed E-state index contributed by atoms with van der Waals surface area (Å²) in [6, 6.07) is 0. The lowest BCUT2D eigenvalue weighted by Gasteiger charge is -2.26. The molecule has 0 N–H and O–H groups in total. The SMILES string of the molecule is CC.CCC(C)C(=O)OCCN1CCOCC1. The maximum absolute atomic E-state index is 11.4. The number of nitrogens with zero attached hydrogens (tertiary/aromatic N) is 1. The summed E-state index contributed by atoms with van der Waals surface area (Å²) >= 11 is 0. The summed E-state index contributed by atoms with van der Waals surface area (Å²) in [5, 5.41) is 0. The molecule has 0 spiro atoms. The first-order valence-electron chi connectivity index (χ1n) is 6.70. The lowest BCUT2D eigenvalue weighted by Crippen LogP contribution is -2.38. The fourth-order valence-electron chi connectivity index (χ4n) is 1.41. The molecule has 0 aromatic heterocycles. The van der Waals surface area contributed by atoms with E-state index in [1.165, 1.54) is 0 Å². The summed E-state index contributed by atoms with van der Waals surface area (Å²) in [6.07, 6.45) is 0.844. The average Bonchev–Trinajstić information content (AvgIpc) is 2.41. The maximum Gasteiger partial charge on any atom is 0.308 e. The fourth-order valence-corrected chi connectivity index (χ4v) is 1.41. The summed E-state index contributed by atoms with van der Waals surface area (Å²) in [4.78, 5) is 13.6. The van der Waals surface area contributed by atoms with Gasteiger partial charge in [-0.25, -0.2) is 0 Å². The van der Waals surface area contributed by atoms with Crippen molar-refractivity contribution in [2.45, 2.75) is 34.1 Å². The van der Waals surface area contributed by atoms with E-state index in [2.05, 4.69) is 4.90 Å². The van der Waals surface area contributed by atoms with E-state index in [0.717, 1.165) is 39.3 Å². The van der Waals surface area contributed by atoms with Crippen LogP contribution >= 0.6 is 0 Å². The molecule has 0 bridgehead atoms.